The van der Waals surface area contributed by atoms with Crippen molar-refractivity contribution in [3.8, 4) is 0 Å². The second-order valence-electron chi connectivity index (χ2n) is 6.78. The lowest BCUT2D eigenvalue weighted by atomic mass is 10.0. The Bertz CT molecular complexity index is 581. The summed E-state index contributed by atoms with van der Waals surface area (Å²) in [5, 5.41) is 3.02. The van der Waals surface area contributed by atoms with Crippen LogP contribution in [-0.4, -0.2) is 38.6 Å². The van der Waals surface area contributed by atoms with Crippen molar-refractivity contribution in [1.29, 1.82) is 0 Å². The maximum atomic E-state index is 13.0. The minimum Gasteiger partial charge on any atom is -0.460 e. The molecular formula is C18H26F3NO4. The van der Waals surface area contributed by atoms with E-state index in [4.69, 9.17) is 14.2 Å². The Morgan fingerprint density at radius 1 is 1.15 bits per heavy atom. The smallest absolute Gasteiger partial charge is 0.416 e. The lowest BCUT2D eigenvalue weighted by Crippen LogP contribution is -2.35. The molecule has 0 heterocycles. The van der Waals surface area contributed by atoms with E-state index in [0.717, 1.165) is 12.1 Å². The Morgan fingerprint density at radius 3 is 2.27 bits per heavy atom. The van der Waals surface area contributed by atoms with Crippen molar-refractivity contribution >= 4 is 5.97 Å². The van der Waals surface area contributed by atoms with E-state index >= 15 is 0 Å². The number of ether oxygens (including phenoxy) is 3. The van der Waals surface area contributed by atoms with Gasteiger partial charge >= 0.3 is 12.1 Å². The van der Waals surface area contributed by atoms with E-state index in [1.807, 2.05) is 0 Å². The van der Waals surface area contributed by atoms with Gasteiger partial charge in [0.25, 0.3) is 0 Å². The summed E-state index contributed by atoms with van der Waals surface area (Å²) in [6.45, 7) is 5.37. The molecule has 0 fully saturated rings. The lowest BCUT2D eigenvalue weighted by Gasteiger charge is -2.25. The third kappa shape index (κ3) is 7.72. The van der Waals surface area contributed by atoms with Crippen LogP contribution in [0.2, 0.25) is 0 Å². The van der Waals surface area contributed by atoms with Gasteiger partial charge in [-0.15, -0.1) is 0 Å². The second-order valence-corrected chi connectivity index (χ2v) is 6.78. The molecular weight excluding hydrogens is 351 g/mol. The van der Waals surface area contributed by atoms with Crippen molar-refractivity contribution in [2.45, 2.75) is 51.3 Å². The molecule has 5 nitrogen and oxygen atoms in total. The fraction of sp³-hybridized carbons (Fsp3) is 0.611. The topological polar surface area (TPSA) is 56.8 Å². The molecule has 148 valence electrons. The Kier molecular flexibility index (Phi) is 8.05. The number of methoxy groups -OCH3 is 2. The van der Waals surface area contributed by atoms with Crippen LogP contribution in [-0.2, 0) is 25.2 Å². The number of nitrogens with one attached hydrogen (secondary N) is 1. The van der Waals surface area contributed by atoms with E-state index in [0.29, 0.717) is 5.56 Å². The predicted octanol–water partition coefficient (Wildman–Crippen LogP) is 3.69. The molecule has 0 spiro atoms. The molecule has 1 rings (SSSR count). The zero-order chi connectivity index (χ0) is 20.0. The van der Waals surface area contributed by atoms with Crippen molar-refractivity contribution in [1.82, 2.24) is 5.32 Å². The molecule has 0 saturated heterocycles. The number of benzene rings is 1. The first-order chi connectivity index (χ1) is 12.0. The molecule has 0 saturated carbocycles. The van der Waals surface area contributed by atoms with Gasteiger partial charge in [0.15, 0.2) is 6.29 Å². The van der Waals surface area contributed by atoms with Crippen LogP contribution in [0.3, 0.4) is 0 Å². The van der Waals surface area contributed by atoms with Gasteiger partial charge in [-0.25, -0.2) is 0 Å². The van der Waals surface area contributed by atoms with Crippen LogP contribution in [0.25, 0.3) is 0 Å². The Labute approximate surface area is 151 Å². The van der Waals surface area contributed by atoms with Crippen LogP contribution in [0.15, 0.2) is 24.3 Å². The monoisotopic (exact) mass is 377 g/mol. The van der Waals surface area contributed by atoms with Gasteiger partial charge < -0.3 is 19.5 Å². The number of hydrogen-bond acceptors (Lipinski definition) is 5. The molecule has 0 aliphatic rings. The number of esters is 1. The summed E-state index contributed by atoms with van der Waals surface area (Å²) in [6.07, 6.45) is -5.19. The molecule has 1 atom stereocenters. The highest BCUT2D eigenvalue weighted by Gasteiger charge is 2.31. The molecule has 26 heavy (non-hydrogen) atoms. The number of halogens is 3. The summed E-state index contributed by atoms with van der Waals surface area (Å²) in [5.41, 5.74) is -1.13. The fourth-order valence-corrected chi connectivity index (χ4v) is 2.29. The van der Waals surface area contributed by atoms with Gasteiger partial charge in [0.1, 0.15) is 5.60 Å². The standard InChI is InChI=1S/C18H26F3NO4/c1-17(2,3)26-15(23)10-14(22-11-16(24-4)25-5)12-7-6-8-13(9-12)18(19,20)21/h6-9,14,16,22H,10-11H2,1-5H3. The van der Waals surface area contributed by atoms with E-state index in [9.17, 15) is 18.0 Å². The maximum Gasteiger partial charge on any atom is 0.416 e. The number of carbonyl (C=O) groups is 1. The van der Waals surface area contributed by atoms with E-state index in [2.05, 4.69) is 5.32 Å². The molecule has 0 aromatic heterocycles. The average molecular weight is 377 g/mol. The molecule has 1 aromatic carbocycles. The first-order valence-electron chi connectivity index (χ1n) is 8.14. The van der Waals surface area contributed by atoms with Crippen LogP contribution in [0.5, 0.6) is 0 Å². The molecule has 1 aromatic rings. The third-order valence-corrected chi connectivity index (χ3v) is 3.46. The van der Waals surface area contributed by atoms with Crippen molar-refractivity contribution < 1.29 is 32.2 Å². The largest absolute Gasteiger partial charge is 0.460 e. The Balaban J connectivity index is 3.01. The number of rotatable bonds is 8. The van der Waals surface area contributed by atoms with Crippen LogP contribution < -0.4 is 5.32 Å². The summed E-state index contributed by atoms with van der Waals surface area (Å²) in [4.78, 5) is 12.2. The summed E-state index contributed by atoms with van der Waals surface area (Å²) in [7, 11) is 2.89. The summed E-state index contributed by atoms with van der Waals surface area (Å²) in [5.74, 6) is -0.515. The molecule has 1 unspecified atom stereocenters. The van der Waals surface area contributed by atoms with Gasteiger partial charge in [-0.05, 0) is 38.5 Å². The van der Waals surface area contributed by atoms with Crippen molar-refractivity contribution in [2.75, 3.05) is 20.8 Å². The van der Waals surface area contributed by atoms with Gasteiger partial charge in [0.05, 0.1) is 12.0 Å². The molecule has 0 bridgehead atoms. The molecule has 8 heteroatoms. The van der Waals surface area contributed by atoms with Crippen LogP contribution >= 0.6 is 0 Å². The molecule has 0 radical (unpaired) electrons. The van der Waals surface area contributed by atoms with Gasteiger partial charge in [-0.1, -0.05) is 12.1 Å². The highest BCUT2D eigenvalue weighted by atomic mass is 19.4. The van der Waals surface area contributed by atoms with Crippen molar-refractivity contribution in [3.05, 3.63) is 35.4 Å². The molecule has 0 aliphatic heterocycles. The Morgan fingerprint density at radius 2 is 1.77 bits per heavy atom. The average Bonchev–Trinajstić information content (AvgIpc) is 2.52. The van der Waals surface area contributed by atoms with Crippen molar-refractivity contribution in [3.63, 3.8) is 0 Å². The number of hydrogen-bond donors (Lipinski definition) is 1. The van der Waals surface area contributed by atoms with E-state index < -0.39 is 35.6 Å². The molecule has 0 amide bonds. The maximum absolute atomic E-state index is 13.0. The highest BCUT2D eigenvalue weighted by molar-refractivity contribution is 5.71. The van der Waals surface area contributed by atoms with Gasteiger partial charge in [0.2, 0.25) is 0 Å². The number of carbonyl (C=O) groups excluding carboxylic acids is 1. The van der Waals surface area contributed by atoms with Crippen molar-refractivity contribution in [2.24, 2.45) is 0 Å². The quantitative estimate of drug-likeness (QED) is 0.553. The zero-order valence-corrected chi connectivity index (χ0v) is 15.6. The molecule has 1 N–H and O–H groups in total. The fourth-order valence-electron chi connectivity index (χ4n) is 2.29. The van der Waals surface area contributed by atoms with Crippen LogP contribution in [0.1, 0.15) is 44.4 Å². The van der Waals surface area contributed by atoms with Gasteiger partial charge in [0, 0.05) is 26.8 Å². The van der Waals surface area contributed by atoms with Gasteiger partial charge in [-0.2, -0.15) is 13.2 Å². The normalized spacial score (nSPS) is 13.7. The van der Waals surface area contributed by atoms with Crippen LogP contribution in [0.4, 0.5) is 13.2 Å². The van der Waals surface area contributed by atoms with E-state index in [1.54, 1.807) is 20.8 Å². The number of alkyl halides is 3. The Hall–Kier alpha value is -1.64. The highest BCUT2D eigenvalue weighted by Crippen LogP contribution is 2.31. The van der Waals surface area contributed by atoms with E-state index in [1.165, 1.54) is 26.4 Å². The molecule has 0 aliphatic carbocycles. The minimum atomic E-state index is -4.46. The first-order valence-corrected chi connectivity index (χ1v) is 8.14. The zero-order valence-electron chi connectivity index (χ0n) is 15.6. The third-order valence-electron chi connectivity index (χ3n) is 3.46. The van der Waals surface area contributed by atoms with Gasteiger partial charge in [-0.3, -0.25) is 4.79 Å². The summed E-state index contributed by atoms with van der Waals surface area (Å²) in [6, 6.07) is 4.18. The second kappa shape index (κ2) is 9.34. The predicted molar refractivity (Wildman–Crippen MR) is 90.5 cm³/mol. The first kappa shape index (κ1) is 22.4. The van der Waals surface area contributed by atoms with Crippen LogP contribution in [0, 0.1) is 0 Å². The lowest BCUT2D eigenvalue weighted by molar-refractivity contribution is -0.155. The SMILES string of the molecule is COC(CNC(CC(=O)OC(C)(C)C)c1cccc(C(F)(F)F)c1)OC. The van der Waals surface area contributed by atoms with E-state index in [-0.39, 0.29) is 13.0 Å². The minimum absolute atomic E-state index is 0.126. The summed E-state index contributed by atoms with van der Waals surface area (Å²) < 4.78 is 54.4. The summed E-state index contributed by atoms with van der Waals surface area (Å²) >= 11 is 0.